The van der Waals surface area contributed by atoms with Gasteiger partial charge in [0.05, 0.1) is 24.8 Å². The smallest absolute Gasteiger partial charge is 0.475 e. The van der Waals surface area contributed by atoms with Crippen LogP contribution in [0.15, 0.2) is 53.5 Å². The van der Waals surface area contributed by atoms with Crippen molar-refractivity contribution in [2.24, 2.45) is 10.7 Å². The van der Waals surface area contributed by atoms with Gasteiger partial charge >= 0.3 is 20.0 Å². The predicted octanol–water partition coefficient (Wildman–Crippen LogP) is 5.25. The Morgan fingerprint density at radius 3 is 2.32 bits per heavy atom. The summed E-state index contributed by atoms with van der Waals surface area (Å²) in [7, 11) is -4.61. The summed E-state index contributed by atoms with van der Waals surface area (Å²) >= 11 is 7.82. The summed E-state index contributed by atoms with van der Waals surface area (Å²) in [5, 5.41) is 20.4. The van der Waals surface area contributed by atoms with Gasteiger partial charge in [-0.2, -0.15) is 13.2 Å². The minimum Gasteiger partial charge on any atom is -0.475 e. The van der Waals surface area contributed by atoms with Crippen molar-refractivity contribution in [1.82, 2.24) is 14.8 Å². The molecule has 2 atom stereocenters. The average Bonchev–Trinajstić information content (AvgIpc) is 3.51. The number of carbonyl (C=O) groups excluding carboxylic acids is 1. The lowest BCUT2D eigenvalue weighted by Crippen LogP contribution is -2.23. The molecule has 0 bridgehead atoms. The van der Waals surface area contributed by atoms with Crippen molar-refractivity contribution < 1.29 is 46.7 Å². The number of aryl methyl sites for hydroxylation is 2. The van der Waals surface area contributed by atoms with Crippen molar-refractivity contribution in [3.63, 3.8) is 0 Å². The summed E-state index contributed by atoms with van der Waals surface area (Å²) < 4.78 is 48.9. The molecule has 3 heterocycles. The molecule has 19 heteroatoms. The molecule has 6 N–H and O–H groups in total. The van der Waals surface area contributed by atoms with Gasteiger partial charge in [0.1, 0.15) is 16.9 Å². The highest BCUT2D eigenvalue weighted by Crippen LogP contribution is 2.40. The number of aliphatic carboxylic acids is 1. The van der Waals surface area contributed by atoms with Crippen LogP contribution in [0.3, 0.4) is 0 Å². The molecule has 1 unspecified atom stereocenters. The highest BCUT2D eigenvalue weighted by molar-refractivity contribution is 7.46. The molecule has 2 aromatic heterocycles. The van der Waals surface area contributed by atoms with E-state index in [0.717, 1.165) is 32.3 Å². The molecule has 4 aromatic rings. The number of alkyl halides is 3. The summed E-state index contributed by atoms with van der Waals surface area (Å²) in [6, 6.07) is 12.8. The molecule has 0 spiro atoms. The highest BCUT2D eigenvalue weighted by atomic mass is 35.5. The Balaban J connectivity index is 0.000000727. The number of nitrogens with zero attached hydrogens (tertiary/aromatic N) is 4. The van der Waals surface area contributed by atoms with Crippen LogP contribution in [-0.4, -0.2) is 66.1 Å². The third-order valence-electron chi connectivity index (χ3n) is 6.97. The Labute approximate surface area is 292 Å². The Hall–Kier alpha value is -4.40. The molecule has 1 amide bonds. The van der Waals surface area contributed by atoms with E-state index in [1.807, 2.05) is 35.8 Å². The number of fused-ring (bicyclic) bond motifs is 3. The standard InChI is InChI=1S/C29H28ClN6O5PS.C2HF3O2/c1-16-17(2)43-29-26(16)27(20-7-9-21(30)10-8-20)33-24(28-35-34-18(3)36(28)29)14-25(37)32-23-12-5-19(6-13-23)4-11-22(31)15-41-42(38,39)40;3-2(4,5)1(6)7/h5-10,12-13,22,24H,14-15,31H2,1-3H3,(H,32,37)(H2,38,39,40);(H,6,7)/t22?,24-;/m0./s1. The molecule has 13 nitrogen and oxygen atoms in total. The maximum Gasteiger partial charge on any atom is 0.490 e. The van der Waals surface area contributed by atoms with E-state index in [4.69, 9.17) is 42.0 Å². The van der Waals surface area contributed by atoms with Crippen molar-refractivity contribution in [3.8, 4) is 16.8 Å². The van der Waals surface area contributed by atoms with Gasteiger partial charge in [-0.15, -0.1) is 21.5 Å². The van der Waals surface area contributed by atoms with E-state index in [2.05, 4.69) is 45.7 Å². The number of aromatic nitrogens is 3. The first-order chi connectivity index (χ1) is 23.3. The van der Waals surface area contributed by atoms with Crippen LogP contribution in [0.5, 0.6) is 0 Å². The minimum absolute atomic E-state index is 0.0260. The molecule has 264 valence electrons. The van der Waals surface area contributed by atoms with Gasteiger partial charge in [-0.05, 0) is 62.7 Å². The molecule has 0 aliphatic carbocycles. The van der Waals surface area contributed by atoms with E-state index in [-0.39, 0.29) is 12.3 Å². The van der Waals surface area contributed by atoms with Crippen LogP contribution in [0.2, 0.25) is 5.02 Å². The normalized spacial score (nSPS) is 14.4. The lowest BCUT2D eigenvalue weighted by atomic mass is 9.99. The maximum absolute atomic E-state index is 13.3. The highest BCUT2D eigenvalue weighted by Gasteiger charge is 2.38. The summed E-state index contributed by atoms with van der Waals surface area (Å²) in [5.41, 5.74) is 10.6. The van der Waals surface area contributed by atoms with Crippen LogP contribution in [0.1, 0.15) is 51.2 Å². The Morgan fingerprint density at radius 2 is 1.74 bits per heavy atom. The summed E-state index contributed by atoms with van der Waals surface area (Å²) in [4.78, 5) is 46.0. The number of nitrogens with one attached hydrogen (secondary N) is 1. The number of anilines is 1. The van der Waals surface area contributed by atoms with Gasteiger partial charge in [0.2, 0.25) is 5.91 Å². The van der Waals surface area contributed by atoms with E-state index in [9.17, 15) is 22.5 Å². The van der Waals surface area contributed by atoms with Crippen molar-refractivity contribution in [2.45, 2.75) is 45.5 Å². The van der Waals surface area contributed by atoms with Gasteiger partial charge in [0.15, 0.2) is 5.82 Å². The third-order valence-corrected chi connectivity index (χ3v) is 8.90. The van der Waals surface area contributed by atoms with Crippen LogP contribution in [0.25, 0.3) is 5.00 Å². The number of aliphatic imine (C=N–C) groups is 1. The summed E-state index contributed by atoms with van der Waals surface area (Å²) in [5.74, 6) is 3.77. The SMILES string of the molecule is Cc1sc2c(c1C)C(c1ccc(Cl)cc1)=N[C@@H](CC(=O)Nc1ccc(C#CC(N)COP(=O)(O)O)cc1)c1nnc(C)n1-2.O=C(O)C(F)(F)F. The molecule has 0 radical (unpaired) electrons. The van der Waals surface area contributed by atoms with Gasteiger partial charge in [0, 0.05) is 32.3 Å². The second-order valence-corrected chi connectivity index (χ2v) is 13.6. The first-order valence-electron chi connectivity index (χ1n) is 14.4. The molecular formula is C31H29ClF3N6O7PS. The van der Waals surface area contributed by atoms with Crippen LogP contribution in [0.4, 0.5) is 18.9 Å². The zero-order valence-corrected chi connectivity index (χ0v) is 28.9. The maximum atomic E-state index is 13.3. The fourth-order valence-corrected chi connectivity index (χ4v) is 6.25. The largest absolute Gasteiger partial charge is 0.490 e. The van der Waals surface area contributed by atoms with Gasteiger partial charge in [0.25, 0.3) is 0 Å². The van der Waals surface area contributed by atoms with Crippen LogP contribution < -0.4 is 11.1 Å². The number of benzene rings is 2. The Bertz CT molecular complexity index is 2030. The number of hydrogen-bond donors (Lipinski definition) is 5. The van der Waals surface area contributed by atoms with Gasteiger partial charge in [-0.1, -0.05) is 35.6 Å². The van der Waals surface area contributed by atoms with Crippen molar-refractivity contribution in [3.05, 3.63) is 92.3 Å². The zero-order valence-electron chi connectivity index (χ0n) is 26.4. The van der Waals surface area contributed by atoms with E-state index < -0.39 is 38.7 Å². The number of phosphoric ester groups is 1. The van der Waals surface area contributed by atoms with Crippen LogP contribution >= 0.6 is 30.8 Å². The van der Waals surface area contributed by atoms with Gasteiger partial charge < -0.3 is 25.9 Å². The zero-order chi connectivity index (χ0) is 37.0. The lowest BCUT2D eigenvalue weighted by Gasteiger charge is -2.13. The molecule has 2 aromatic carbocycles. The number of carboxylic acid groups (broad SMARTS) is 1. The lowest BCUT2D eigenvalue weighted by molar-refractivity contribution is -0.192. The molecule has 1 aliphatic rings. The molecule has 50 heavy (non-hydrogen) atoms. The van der Waals surface area contributed by atoms with Crippen molar-refractivity contribution >= 4 is 54.0 Å². The molecule has 0 fully saturated rings. The quantitative estimate of drug-likeness (QED) is 0.123. The van der Waals surface area contributed by atoms with E-state index in [1.54, 1.807) is 35.6 Å². The second-order valence-electron chi connectivity index (χ2n) is 10.7. The fraction of sp³-hybridized carbons (Fsp3) is 0.258. The molecule has 0 saturated carbocycles. The number of nitrogens with two attached hydrogens (primary N) is 1. The number of carboxylic acids is 1. The number of halogens is 4. The van der Waals surface area contributed by atoms with Gasteiger partial charge in [-0.25, -0.2) is 9.36 Å². The minimum atomic E-state index is -5.08. The van der Waals surface area contributed by atoms with Crippen molar-refractivity contribution in [2.75, 3.05) is 11.9 Å². The predicted molar refractivity (Wildman–Crippen MR) is 180 cm³/mol. The molecular weight excluding hydrogens is 724 g/mol. The second kappa shape index (κ2) is 15.7. The summed E-state index contributed by atoms with van der Waals surface area (Å²) in [6.45, 7) is 5.62. The van der Waals surface area contributed by atoms with E-state index >= 15 is 0 Å². The number of rotatable bonds is 7. The monoisotopic (exact) mass is 752 g/mol. The number of carbonyl (C=O) groups is 2. The number of phosphoric acid groups is 1. The average molecular weight is 753 g/mol. The number of hydrogen-bond acceptors (Lipinski definition) is 9. The van der Waals surface area contributed by atoms with Gasteiger partial charge in [-0.3, -0.25) is 18.9 Å². The Kier molecular flexibility index (Phi) is 12.0. The molecule has 1 aliphatic heterocycles. The molecule has 0 saturated heterocycles. The van der Waals surface area contributed by atoms with Crippen LogP contribution in [0, 0.1) is 32.6 Å². The first kappa shape index (κ1) is 38.4. The summed E-state index contributed by atoms with van der Waals surface area (Å²) in [6.07, 6.45) is -5.06. The van der Waals surface area contributed by atoms with E-state index in [1.165, 1.54) is 0 Å². The first-order valence-corrected chi connectivity index (χ1v) is 17.1. The number of thiophene rings is 1. The topological polar surface area (TPSA) is 202 Å². The van der Waals surface area contributed by atoms with E-state index in [0.29, 0.717) is 27.9 Å². The number of amides is 1. The Morgan fingerprint density at radius 1 is 1.12 bits per heavy atom. The van der Waals surface area contributed by atoms with Crippen molar-refractivity contribution in [1.29, 1.82) is 0 Å². The third kappa shape index (κ3) is 9.86. The van der Waals surface area contributed by atoms with Crippen LogP contribution in [-0.2, 0) is 18.7 Å². The molecule has 5 rings (SSSR count). The fourth-order valence-electron chi connectivity index (χ4n) is 4.55.